The first-order chi connectivity index (χ1) is 11.2. The lowest BCUT2D eigenvalue weighted by atomic mass is 9.98. The molecule has 0 spiro atoms. The number of hydrogen-bond acceptors (Lipinski definition) is 5. The van der Waals surface area contributed by atoms with Crippen LogP contribution in [0.2, 0.25) is 0 Å². The first-order valence-electron chi connectivity index (χ1n) is 8.06. The molecule has 1 aromatic carbocycles. The van der Waals surface area contributed by atoms with Crippen molar-refractivity contribution in [1.29, 1.82) is 0 Å². The third-order valence-corrected chi connectivity index (χ3v) is 5.17. The van der Waals surface area contributed by atoms with Crippen LogP contribution in [-0.4, -0.2) is 50.1 Å². The fourth-order valence-electron chi connectivity index (χ4n) is 3.84. The fraction of sp³-hybridized carbons (Fsp3) is 0.500. The number of carbonyl (C=O) groups excluding carboxylic acids is 1. The van der Waals surface area contributed by atoms with Crippen LogP contribution in [0.5, 0.6) is 0 Å². The van der Waals surface area contributed by atoms with E-state index in [1.165, 1.54) is 0 Å². The summed E-state index contributed by atoms with van der Waals surface area (Å²) in [6.45, 7) is 1.70. The van der Waals surface area contributed by atoms with Crippen LogP contribution >= 0.6 is 0 Å². The van der Waals surface area contributed by atoms with Crippen molar-refractivity contribution < 1.29 is 4.79 Å². The summed E-state index contributed by atoms with van der Waals surface area (Å²) in [6, 6.07) is 8.03. The van der Waals surface area contributed by atoms with E-state index in [0.29, 0.717) is 18.3 Å². The number of nitrogens with zero attached hydrogens (tertiary/aromatic N) is 5. The Labute approximate surface area is 134 Å². The largest absolute Gasteiger partial charge is 0.342 e. The van der Waals surface area contributed by atoms with Gasteiger partial charge in [-0.2, -0.15) is 0 Å². The summed E-state index contributed by atoms with van der Waals surface area (Å²) >= 11 is 0. The molecule has 2 heterocycles. The summed E-state index contributed by atoms with van der Waals surface area (Å²) in [6.07, 6.45) is 4.25. The van der Waals surface area contributed by atoms with Gasteiger partial charge in [-0.05, 0) is 52.8 Å². The van der Waals surface area contributed by atoms with Crippen molar-refractivity contribution in [2.24, 2.45) is 17.6 Å². The van der Waals surface area contributed by atoms with E-state index < -0.39 is 0 Å². The molecule has 7 heteroatoms. The molecule has 1 saturated carbocycles. The predicted octanol–water partition coefficient (Wildman–Crippen LogP) is 0.400. The van der Waals surface area contributed by atoms with Crippen LogP contribution in [0, 0.1) is 11.8 Å². The second-order valence-corrected chi connectivity index (χ2v) is 6.56. The van der Waals surface area contributed by atoms with E-state index >= 15 is 0 Å². The number of rotatable bonds is 3. The quantitative estimate of drug-likeness (QED) is 0.886. The van der Waals surface area contributed by atoms with Crippen molar-refractivity contribution in [3.05, 3.63) is 36.2 Å². The zero-order chi connectivity index (χ0) is 15.8. The highest BCUT2D eigenvalue weighted by molar-refractivity contribution is 5.79. The van der Waals surface area contributed by atoms with E-state index in [1.54, 1.807) is 11.0 Å². The topological polar surface area (TPSA) is 89.9 Å². The summed E-state index contributed by atoms with van der Waals surface area (Å²) < 4.78 is 1.59. The number of aromatic nitrogens is 4. The lowest BCUT2D eigenvalue weighted by Crippen LogP contribution is -2.34. The van der Waals surface area contributed by atoms with Crippen molar-refractivity contribution in [2.45, 2.75) is 25.3 Å². The van der Waals surface area contributed by atoms with E-state index in [9.17, 15) is 4.79 Å². The van der Waals surface area contributed by atoms with E-state index in [1.807, 2.05) is 29.2 Å². The number of benzene rings is 1. The zero-order valence-electron chi connectivity index (χ0n) is 12.9. The smallest absolute Gasteiger partial charge is 0.227 e. The molecule has 1 saturated heterocycles. The van der Waals surface area contributed by atoms with Crippen LogP contribution in [-0.2, 0) is 11.2 Å². The molecular formula is C16H20N6O. The number of hydrogen-bond donors (Lipinski definition) is 1. The molecule has 4 rings (SSSR count). The molecule has 7 nitrogen and oxygen atoms in total. The monoisotopic (exact) mass is 312 g/mol. The third-order valence-electron chi connectivity index (χ3n) is 5.17. The number of carbonyl (C=O) groups is 1. The molecule has 1 aromatic heterocycles. The number of nitrogens with two attached hydrogens (primary N) is 1. The van der Waals surface area contributed by atoms with Gasteiger partial charge in [-0.1, -0.05) is 12.1 Å². The number of tetrazole rings is 1. The van der Waals surface area contributed by atoms with Crippen LogP contribution in [0.25, 0.3) is 5.69 Å². The molecule has 1 amide bonds. The maximum absolute atomic E-state index is 12.5. The molecule has 0 bridgehead atoms. The van der Waals surface area contributed by atoms with Gasteiger partial charge in [0.1, 0.15) is 6.33 Å². The Morgan fingerprint density at radius 1 is 1.22 bits per heavy atom. The molecule has 120 valence electrons. The number of amides is 1. The van der Waals surface area contributed by atoms with Gasteiger partial charge in [-0.15, -0.1) is 5.10 Å². The molecule has 2 N–H and O–H groups in total. The second-order valence-electron chi connectivity index (χ2n) is 6.56. The molecule has 3 atom stereocenters. The predicted molar refractivity (Wildman–Crippen MR) is 83.6 cm³/mol. The lowest BCUT2D eigenvalue weighted by molar-refractivity contribution is -0.129. The Morgan fingerprint density at radius 3 is 2.74 bits per heavy atom. The van der Waals surface area contributed by atoms with Crippen LogP contribution in [0.15, 0.2) is 30.6 Å². The van der Waals surface area contributed by atoms with Crippen LogP contribution < -0.4 is 5.73 Å². The summed E-state index contributed by atoms with van der Waals surface area (Å²) in [7, 11) is 0. The average molecular weight is 312 g/mol. The van der Waals surface area contributed by atoms with Crippen LogP contribution in [0.3, 0.4) is 0 Å². The molecule has 23 heavy (non-hydrogen) atoms. The van der Waals surface area contributed by atoms with E-state index in [0.717, 1.165) is 37.2 Å². The highest BCUT2D eigenvalue weighted by atomic mass is 16.2. The normalized spacial score (nSPS) is 26.5. The van der Waals surface area contributed by atoms with Gasteiger partial charge < -0.3 is 10.6 Å². The number of fused-ring (bicyclic) bond motifs is 1. The maximum Gasteiger partial charge on any atom is 0.227 e. The third kappa shape index (κ3) is 2.72. The van der Waals surface area contributed by atoms with E-state index in [4.69, 9.17) is 5.73 Å². The van der Waals surface area contributed by atoms with E-state index in [-0.39, 0.29) is 11.9 Å². The molecule has 1 aliphatic heterocycles. The van der Waals surface area contributed by atoms with Crippen molar-refractivity contribution >= 4 is 5.91 Å². The minimum Gasteiger partial charge on any atom is -0.342 e. The molecule has 2 aromatic rings. The maximum atomic E-state index is 12.5. The Balaban J connectivity index is 1.39. The average Bonchev–Trinajstić information content (AvgIpc) is 3.27. The Kier molecular flexibility index (Phi) is 3.57. The minimum atomic E-state index is 0.196. The number of likely N-dealkylation sites (tertiary alicyclic amines) is 1. The molecular weight excluding hydrogens is 292 g/mol. The standard InChI is InChI=1S/C16H20N6O/c17-15-6-3-12-8-21(9-14(12)15)16(23)7-11-1-4-13(5-2-11)22-10-18-19-20-22/h1-2,4-5,10,12,14-15H,3,6-9,17H2. The molecule has 3 unspecified atom stereocenters. The van der Waals surface area contributed by atoms with Crippen LogP contribution in [0.4, 0.5) is 0 Å². The van der Waals surface area contributed by atoms with Crippen molar-refractivity contribution in [2.75, 3.05) is 13.1 Å². The van der Waals surface area contributed by atoms with Gasteiger partial charge in [0.05, 0.1) is 12.1 Å². The zero-order valence-corrected chi connectivity index (χ0v) is 12.9. The van der Waals surface area contributed by atoms with Gasteiger partial charge in [-0.3, -0.25) is 4.79 Å². The van der Waals surface area contributed by atoms with E-state index in [2.05, 4.69) is 15.5 Å². The van der Waals surface area contributed by atoms with Gasteiger partial charge in [-0.25, -0.2) is 4.68 Å². The van der Waals surface area contributed by atoms with Gasteiger partial charge >= 0.3 is 0 Å². The minimum absolute atomic E-state index is 0.196. The highest BCUT2D eigenvalue weighted by Gasteiger charge is 2.42. The second kappa shape index (κ2) is 5.73. The van der Waals surface area contributed by atoms with Crippen molar-refractivity contribution in [3.8, 4) is 5.69 Å². The summed E-state index contributed by atoms with van der Waals surface area (Å²) in [4.78, 5) is 14.5. The van der Waals surface area contributed by atoms with Gasteiger partial charge in [0, 0.05) is 19.1 Å². The van der Waals surface area contributed by atoms with Gasteiger partial charge in [0.25, 0.3) is 0 Å². The van der Waals surface area contributed by atoms with Gasteiger partial charge in [0.2, 0.25) is 5.91 Å². The molecule has 2 fully saturated rings. The highest BCUT2D eigenvalue weighted by Crippen LogP contribution is 2.37. The molecule has 1 aliphatic carbocycles. The molecule has 0 radical (unpaired) electrons. The van der Waals surface area contributed by atoms with Crippen LogP contribution in [0.1, 0.15) is 18.4 Å². The fourth-order valence-corrected chi connectivity index (χ4v) is 3.84. The molecule has 2 aliphatic rings. The van der Waals surface area contributed by atoms with Crippen molar-refractivity contribution in [3.63, 3.8) is 0 Å². The summed E-state index contributed by atoms with van der Waals surface area (Å²) in [5.41, 5.74) is 8.03. The lowest BCUT2D eigenvalue weighted by Gasteiger charge is -2.19. The Bertz CT molecular complexity index is 683. The first kappa shape index (κ1) is 14.3. The van der Waals surface area contributed by atoms with Crippen molar-refractivity contribution in [1.82, 2.24) is 25.1 Å². The Morgan fingerprint density at radius 2 is 2.04 bits per heavy atom. The first-order valence-corrected chi connectivity index (χ1v) is 8.06. The summed E-state index contributed by atoms with van der Waals surface area (Å²) in [5.74, 6) is 1.30. The Hall–Kier alpha value is -2.28. The SMILES string of the molecule is NC1CCC2CN(C(=O)Cc3ccc(-n4cnnn4)cc3)CC12. The summed E-state index contributed by atoms with van der Waals surface area (Å²) in [5, 5.41) is 11.1. The van der Waals surface area contributed by atoms with Gasteiger partial charge in [0.15, 0.2) is 0 Å².